The molecular weight excluding hydrogens is 628 g/mol. The minimum atomic E-state index is -1.45. The summed E-state index contributed by atoms with van der Waals surface area (Å²) >= 11 is 0. The van der Waals surface area contributed by atoms with E-state index in [9.17, 15) is 40.2 Å². The molecule has 11 atom stereocenters. The van der Waals surface area contributed by atoms with Crippen molar-refractivity contribution in [2.24, 2.45) is 0 Å². The molecule has 2 aliphatic carbocycles. The topological polar surface area (TPSA) is 208 Å². The molecule has 0 aromatic heterocycles. The van der Waals surface area contributed by atoms with Crippen LogP contribution in [0, 0.1) is 0 Å². The molecule has 5 aliphatic rings. The van der Waals surface area contributed by atoms with E-state index in [-0.39, 0.29) is 58.9 Å². The van der Waals surface area contributed by atoms with Gasteiger partial charge in [0.25, 0.3) is 0 Å². The van der Waals surface area contributed by atoms with E-state index >= 15 is 0 Å². The molecular formula is C34H42N2O12. The number of likely N-dealkylation sites (N-methyl/N-ethyl adjacent to an activating group) is 2. The number of hydrogen-bond donors (Lipinski definition) is 7. The van der Waals surface area contributed by atoms with E-state index in [1.54, 1.807) is 27.8 Å². The van der Waals surface area contributed by atoms with E-state index in [2.05, 4.69) is 5.32 Å². The highest BCUT2D eigenvalue weighted by atomic mass is 16.7. The zero-order valence-corrected chi connectivity index (χ0v) is 27.6. The van der Waals surface area contributed by atoms with Gasteiger partial charge in [-0.15, -0.1) is 0 Å². The van der Waals surface area contributed by atoms with Crippen molar-refractivity contribution in [2.45, 2.75) is 106 Å². The quantitative estimate of drug-likeness (QED) is 0.187. The minimum absolute atomic E-state index is 0.0203. The molecule has 48 heavy (non-hydrogen) atoms. The van der Waals surface area contributed by atoms with Gasteiger partial charge in [-0.1, -0.05) is 6.07 Å². The van der Waals surface area contributed by atoms with Gasteiger partial charge in [0.2, 0.25) is 12.1 Å². The number of benzene rings is 2. The molecule has 0 spiro atoms. The van der Waals surface area contributed by atoms with Crippen molar-refractivity contribution in [1.29, 1.82) is 0 Å². The van der Waals surface area contributed by atoms with Gasteiger partial charge >= 0.3 is 0 Å². The van der Waals surface area contributed by atoms with Crippen LogP contribution in [0.5, 0.6) is 17.2 Å². The lowest BCUT2D eigenvalue weighted by atomic mass is 9.72. The van der Waals surface area contributed by atoms with Gasteiger partial charge in [0, 0.05) is 47.6 Å². The van der Waals surface area contributed by atoms with E-state index in [4.69, 9.17) is 18.9 Å². The molecule has 0 radical (unpaired) electrons. The number of fused-ring (bicyclic) bond motifs is 8. The van der Waals surface area contributed by atoms with Crippen molar-refractivity contribution in [2.75, 3.05) is 21.1 Å². The maximum absolute atomic E-state index is 14.4. The summed E-state index contributed by atoms with van der Waals surface area (Å²) in [4.78, 5) is 30.5. The Morgan fingerprint density at radius 3 is 2.35 bits per heavy atom. The van der Waals surface area contributed by atoms with Gasteiger partial charge in [0.15, 0.2) is 12.1 Å². The molecule has 2 aromatic carbocycles. The molecule has 260 valence electrons. The molecule has 14 heteroatoms. The van der Waals surface area contributed by atoms with Gasteiger partial charge in [-0.25, -0.2) is 0 Å². The Hall–Kier alpha value is -3.18. The average Bonchev–Trinajstić information content (AvgIpc) is 3.01. The van der Waals surface area contributed by atoms with Crippen LogP contribution in [0.4, 0.5) is 0 Å². The number of carbonyl (C=O) groups excluding carboxylic acids is 2. The lowest BCUT2D eigenvalue weighted by molar-refractivity contribution is -0.302. The van der Waals surface area contributed by atoms with Crippen molar-refractivity contribution < 1.29 is 59.2 Å². The molecule has 14 nitrogen and oxygen atoms in total. The van der Waals surface area contributed by atoms with E-state index in [1.165, 1.54) is 12.1 Å². The Morgan fingerprint density at radius 1 is 1.00 bits per heavy atom. The van der Waals surface area contributed by atoms with Crippen molar-refractivity contribution in [1.82, 2.24) is 10.2 Å². The largest absolute Gasteiger partial charge is 0.507 e. The normalized spacial score (nSPS) is 38.5. The molecule has 2 fully saturated rings. The maximum atomic E-state index is 14.4. The molecule has 2 aromatic rings. The van der Waals surface area contributed by atoms with E-state index in [1.807, 2.05) is 19.0 Å². The fourth-order valence-electron chi connectivity index (χ4n) is 8.25. The molecule has 2 bridgehead atoms. The van der Waals surface area contributed by atoms with Gasteiger partial charge < -0.3 is 59.8 Å². The third-order valence-corrected chi connectivity index (χ3v) is 10.8. The lowest BCUT2D eigenvalue weighted by Crippen LogP contribution is -2.68. The van der Waals surface area contributed by atoms with Crippen molar-refractivity contribution in [3.05, 3.63) is 51.1 Å². The highest BCUT2D eigenvalue weighted by molar-refractivity contribution is 6.31. The average molecular weight is 671 g/mol. The first-order valence-corrected chi connectivity index (χ1v) is 16.1. The summed E-state index contributed by atoms with van der Waals surface area (Å²) in [5.41, 5.74) is -3.67. The van der Waals surface area contributed by atoms with Crippen LogP contribution < -0.4 is 10.1 Å². The van der Waals surface area contributed by atoms with E-state index in [0.717, 1.165) is 0 Å². The number of aliphatic hydroxyl groups excluding tert-OH is 3. The smallest absolute Gasteiger partial charge is 0.228 e. The second kappa shape index (κ2) is 11.2. The van der Waals surface area contributed by atoms with Gasteiger partial charge in [-0.3, -0.25) is 9.59 Å². The molecule has 3 heterocycles. The Bertz CT molecular complexity index is 1710. The van der Waals surface area contributed by atoms with Crippen LogP contribution in [0.15, 0.2) is 12.1 Å². The number of aromatic hydroxyl groups is 2. The van der Waals surface area contributed by atoms with Crippen LogP contribution in [-0.4, -0.2) is 123 Å². The first-order chi connectivity index (χ1) is 22.5. The fourth-order valence-corrected chi connectivity index (χ4v) is 8.25. The summed E-state index contributed by atoms with van der Waals surface area (Å²) in [6.07, 6.45) is -7.10. The first kappa shape index (κ1) is 33.3. The highest BCUT2D eigenvalue weighted by Gasteiger charge is 2.58. The third kappa shape index (κ3) is 4.66. The number of phenols is 2. The Morgan fingerprint density at radius 2 is 1.69 bits per heavy atom. The Labute approximate surface area is 276 Å². The van der Waals surface area contributed by atoms with Crippen LogP contribution in [-0.2, 0) is 26.2 Å². The first-order valence-electron chi connectivity index (χ1n) is 16.1. The van der Waals surface area contributed by atoms with Gasteiger partial charge in [0.05, 0.1) is 46.6 Å². The van der Waals surface area contributed by atoms with Crippen molar-refractivity contribution in [3.63, 3.8) is 0 Å². The standard InChI is InChI=1S/C34H42N2O12/c1-12-24(37)16(36(5)6)9-18(45-12)46-17-11-33(2,44)10-14-19(17)27(40)21-22(26(14)39)28(41)20-13(25(21)38)7-8-15-30(20)47-32-29(42)23(35-4)31(43)34(15,3)48-32/h7-8,12,16-18,23-24,29,31-32,35,37,39-40,42-44H,9-11H2,1-6H3. The van der Waals surface area contributed by atoms with Crippen LogP contribution in [0.25, 0.3) is 0 Å². The summed E-state index contributed by atoms with van der Waals surface area (Å²) in [7, 11) is 5.22. The summed E-state index contributed by atoms with van der Waals surface area (Å²) in [6, 6.07) is 1.76. The number of rotatable bonds is 4. The van der Waals surface area contributed by atoms with Crippen molar-refractivity contribution >= 4 is 11.6 Å². The number of aliphatic hydroxyl groups is 4. The summed E-state index contributed by atoms with van der Waals surface area (Å²) in [6.45, 7) is 4.85. The second-order valence-corrected chi connectivity index (χ2v) is 14.4. The predicted molar refractivity (Wildman–Crippen MR) is 166 cm³/mol. The zero-order valence-electron chi connectivity index (χ0n) is 27.6. The number of phenolic OH excluding ortho intramolecular Hbond substituents is 2. The summed E-state index contributed by atoms with van der Waals surface area (Å²) in [5.74, 6) is -2.79. The Balaban J connectivity index is 1.34. The number of carbonyl (C=O) groups is 2. The van der Waals surface area contributed by atoms with E-state index in [0.29, 0.717) is 0 Å². The third-order valence-electron chi connectivity index (χ3n) is 10.8. The summed E-state index contributed by atoms with van der Waals surface area (Å²) in [5, 5.41) is 70.5. The van der Waals surface area contributed by atoms with Crippen LogP contribution in [0.3, 0.4) is 0 Å². The van der Waals surface area contributed by atoms with Gasteiger partial charge in [0.1, 0.15) is 35.1 Å². The monoisotopic (exact) mass is 670 g/mol. The van der Waals surface area contributed by atoms with Gasteiger partial charge in [-0.05, 0) is 48.0 Å². The van der Waals surface area contributed by atoms with Crippen LogP contribution >= 0.6 is 0 Å². The molecule has 0 saturated carbocycles. The molecule has 7 N–H and O–H groups in total. The molecule has 3 aliphatic heterocycles. The number of hydrogen-bond acceptors (Lipinski definition) is 14. The summed E-state index contributed by atoms with van der Waals surface area (Å²) < 4.78 is 24.2. The number of nitrogens with one attached hydrogen (secondary N) is 1. The minimum Gasteiger partial charge on any atom is -0.507 e. The SMILES string of the molecule is CNC1C(O)C2Oc3c(ccc4c3C(=O)c3c(O)c5c(c(O)c3C4=O)C(OC3CC(N(C)C)C(O)C(C)O3)CC(C)(O)C5)C(C)(O2)C1O. The van der Waals surface area contributed by atoms with Crippen LogP contribution in [0.1, 0.15) is 88.3 Å². The molecule has 0 amide bonds. The van der Waals surface area contributed by atoms with Crippen LogP contribution in [0.2, 0.25) is 0 Å². The Kier molecular flexibility index (Phi) is 7.75. The zero-order chi connectivity index (χ0) is 34.8. The van der Waals surface area contributed by atoms with Gasteiger partial charge in [-0.2, -0.15) is 0 Å². The second-order valence-electron chi connectivity index (χ2n) is 14.4. The van der Waals surface area contributed by atoms with E-state index < -0.39 is 94.5 Å². The number of nitrogens with zero attached hydrogens (tertiary/aromatic N) is 1. The number of ketones is 2. The van der Waals surface area contributed by atoms with Crippen molar-refractivity contribution in [3.8, 4) is 17.2 Å². The lowest BCUT2D eigenvalue weighted by Gasteiger charge is -2.52. The fraction of sp³-hybridized carbons (Fsp3) is 0.588. The highest BCUT2D eigenvalue weighted by Crippen LogP contribution is 2.55. The predicted octanol–water partition coefficient (Wildman–Crippen LogP) is 0.328. The molecule has 11 unspecified atom stereocenters. The number of ether oxygens (including phenoxy) is 4. The molecule has 2 saturated heterocycles. The molecule has 7 rings (SSSR count). The maximum Gasteiger partial charge on any atom is 0.228 e.